The Morgan fingerprint density at radius 1 is 1.24 bits per heavy atom. The van der Waals surface area contributed by atoms with Gasteiger partial charge < -0.3 is 15.2 Å². The lowest BCUT2D eigenvalue weighted by Gasteiger charge is -2.30. The van der Waals surface area contributed by atoms with Crippen molar-refractivity contribution in [3.8, 4) is 5.75 Å². The molecule has 5 heteroatoms. The van der Waals surface area contributed by atoms with Crippen LogP contribution in [0.3, 0.4) is 0 Å². The molecule has 3 rings (SSSR count). The van der Waals surface area contributed by atoms with Gasteiger partial charge in [-0.05, 0) is 30.9 Å². The molecule has 1 unspecified atom stereocenters. The third kappa shape index (κ3) is 2.60. The second kappa shape index (κ2) is 5.39. The number of nitrogens with one attached hydrogen (secondary N) is 1. The Bertz CT molecular complexity index is 563. The molecule has 1 saturated carbocycles. The van der Waals surface area contributed by atoms with Crippen LogP contribution in [0.5, 0.6) is 5.75 Å². The van der Waals surface area contributed by atoms with Crippen LogP contribution < -0.4 is 10.1 Å². The zero-order valence-electron chi connectivity index (χ0n) is 11.8. The molecule has 1 aliphatic heterocycles. The number of aliphatic carboxylic acids is 1. The van der Waals surface area contributed by atoms with E-state index in [0.717, 1.165) is 24.2 Å². The van der Waals surface area contributed by atoms with Crippen molar-refractivity contribution in [2.45, 2.75) is 37.6 Å². The van der Waals surface area contributed by atoms with Gasteiger partial charge in [0.15, 0.2) is 0 Å². The van der Waals surface area contributed by atoms with Crippen molar-refractivity contribution >= 4 is 11.9 Å². The number of carbonyl (C=O) groups is 2. The summed E-state index contributed by atoms with van der Waals surface area (Å²) in [5, 5.41) is 12.2. The number of ether oxygens (including phenoxy) is 1. The first-order chi connectivity index (χ1) is 10.1. The van der Waals surface area contributed by atoms with E-state index in [1.807, 2.05) is 24.3 Å². The van der Waals surface area contributed by atoms with Crippen LogP contribution in [-0.2, 0) is 16.0 Å². The highest BCUT2D eigenvalue weighted by Gasteiger charge is 2.44. The number of fused-ring (bicyclic) bond motifs is 1. The summed E-state index contributed by atoms with van der Waals surface area (Å²) in [5.74, 6) is -0.647. The predicted octanol–water partition coefficient (Wildman–Crippen LogP) is 1.75. The van der Waals surface area contributed by atoms with E-state index in [4.69, 9.17) is 4.74 Å². The molecular formula is C16H19NO4. The Hall–Kier alpha value is -2.04. The number of rotatable bonds is 3. The SMILES string of the molecule is O=C(NC1(C(=O)O)CCCC1)C1COc2ccccc2C1. The lowest BCUT2D eigenvalue weighted by atomic mass is 9.92. The molecule has 1 atom stereocenters. The van der Waals surface area contributed by atoms with Crippen LogP contribution in [0.15, 0.2) is 24.3 Å². The van der Waals surface area contributed by atoms with Crippen molar-refractivity contribution < 1.29 is 19.4 Å². The average molecular weight is 289 g/mol. The molecule has 5 nitrogen and oxygen atoms in total. The van der Waals surface area contributed by atoms with E-state index in [2.05, 4.69) is 5.32 Å². The monoisotopic (exact) mass is 289 g/mol. The fourth-order valence-electron chi connectivity index (χ4n) is 3.21. The van der Waals surface area contributed by atoms with Gasteiger partial charge in [0.05, 0.1) is 5.92 Å². The van der Waals surface area contributed by atoms with E-state index in [1.54, 1.807) is 0 Å². The van der Waals surface area contributed by atoms with Gasteiger partial charge in [-0.1, -0.05) is 31.0 Å². The smallest absolute Gasteiger partial charge is 0.329 e. The molecule has 1 aromatic rings. The average Bonchev–Trinajstić information content (AvgIpc) is 2.96. The van der Waals surface area contributed by atoms with Crippen LogP contribution in [0.1, 0.15) is 31.2 Å². The lowest BCUT2D eigenvalue weighted by Crippen LogP contribution is -2.55. The molecule has 2 N–H and O–H groups in total. The third-order valence-corrected chi connectivity index (χ3v) is 4.48. The first-order valence-electron chi connectivity index (χ1n) is 7.37. The second-order valence-corrected chi connectivity index (χ2v) is 5.90. The van der Waals surface area contributed by atoms with Crippen molar-refractivity contribution in [3.63, 3.8) is 0 Å². The van der Waals surface area contributed by atoms with Gasteiger partial charge in [-0.15, -0.1) is 0 Å². The minimum absolute atomic E-state index is 0.214. The normalized spacial score (nSPS) is 23.0. The Labute approximate surface area is 123 Å². The molecule has 0 spiro atoms. The highest BCUT2D eigenvalue weighted by molar-refractivity contribution is 5.88. The standard InChI is InChI=1S/C16H19NO4/c18-14(17-16(15(19)20)7-3-4-8-16)12-9-11-5-1-2-6-13(11)21-10-12/h1-2,5-6,12H,3-4,7-10H2,(H,17,18)(H,19,20). The third-order valence-electron chi connectivity index (χ3n) is 4.48. The van der Waals surface area contributed by atoms with Crippen LogP contribution >= 0.6 is 0 Å². The highest BCUT2D eigenvalue weighted by Crippen LogP contribution is 2.32. The second-order valence-electron chi connectivity index (χ2n) is 5.90. The Balaban J connectivity index is 1.71. The van der Waals surface area contributed by atoms with Crippen molar-refractivity contribution in [1.82, 2.24) is 5.32 Å². The van der Waals surface area contributed by atoms with Gasteiger partial charge in [0, 0.05) is 0 Å². The fourth-order valence-corrected chi connectivity index (χ4v) is 3.21. The zero-order valence-corrected chi connectivity index (χ0v) is 11.8. The van der Waals surface area contributed by atoms with Crippen molar-refractivity contribution in [1.29, 1.82) is 0 Å². The summed E-state index contributed by atoms with van der Waals surface area (Å²) in [6.45, 7) is 0.304. The number of amides is 1. The molecule has 0 saturated heterocycles. The summed E-state index contributed by atoms with van der Waals surface area (Å²) in [6, 6.07) is 7.64. The molecule has 1 amide bonds. The predicted molar refractivity (Wildman–Crippen MR) is 76.1 cm³/mol. The van der Waals surface area contributed by atoms with E-state index in [-0.39, 0.29) is 11.8 Å². The zero-order chi connectivity index (χ0) is 14.9. The Morgan fingerprint density at radius 2 is 1.95 bits per heavy atom. The molecule has 2 aliphatic rings. The van der Waals surface area contributed by atoms with Crippen LogP contribution in [0, 0.1) is 5.92 Å². The summed E-state index contributed by atoms with van der Waals surface area (Å²) in [7, 11) is 0. The molecular weight excluding hydrogens is 270 g/mol. The number of benzene rings is 1. The van der Waals surface area contributed by atoms with Crippen molar-refractivity contribution in [2.75, 3.05) is 6.61 Å². The number of carboxylic acid groups (broad SMARTS) is 1. The van der Waals surface area contributed by atoms with Crippen molar-refractivity contribution in [2.24, 2.45) is 5.92 Å². The van der Waals surface area contributed by atoms with Gasteiger partial charge in [-0.25, -0.2) is 4.79 Å². The first kappa shape index (κ1) is 13.9. The van der Waals surface area contributed by atoms with Crippen LogP contribution in [0.2, 0.25) is 0 Å². The molecule has 21 heavy (non-hydrogen) atoms. The van der Waals surface area contributed by atoms with E-state index < -0.39 is 11.5 Å². The summed E-state index contributed by atoms with van der Waals surface area (Å²) in [5.41, 5.74) is -0.0756. The van der Waals surface area contributed by atoms with E-state index in [9.17, 15) is 14.7 Å². The minimum atomic E-state index is -1.08. The van der Waals surface area contributed by atoms with Gasteiger partial charge in [0.1, 0.15) is 17.9 Å². The Kier molecular flexibility index (Phi) is 3.57. The quantitative estimate of drug-likeness (QED) is 0.889. The highest BCUT2D eigenvalue weighted by atomic mass is 16.5. The van der Waals surface area contributed by atoms with Crippen LogP contribution in [0.25, 0.3) is 0 Å². The number of hydrogen-bond donors (Lipinski definition) is 2. The van der Waals surface area contributed by atoms with Crippen LogP contribution in [0.4, 0.5) is 0 Å². The first-order valence-corrected chi connectivity index (χ1v) is 7.37. The molecule has 0 radical (unpaired) electrons. The summed E-state index contributed by atoms with van der Waals surface area (Å²) < 4.78 is 5.61. The summed E-state index contributed by atoms with van der Waals surface area (Å²) in [4.78, 5) is 23.9. The number of hydrogen-bond acceptors (Lipinski definition) is 3. The fraction of sp³-hybridized carbons (Fsp3) is 0.500. The maximum atomic E-state index is 12.4. The van der Waals surface area contributed by atoms with E-state index in [1.165, 1.54) is 0 Å². The molecule has 1 heterocycles. The molecule has 0 aromatic heterocycles. The maximum absolute atomic E-state index is 12.4. The van der Waals surface area contributed by atoms with Gasteiger partial charge in [-0.2, -0.15) is 0 Å². The van der Waals surface area contributed by atoms with E-state index >= 15 is 0 Å². The number of carboxylic acids is 1. The van der Waals surface area contributed by atoms with Gasteiger partial charge in [0.25, 0.3) is 0 Å². The number of carbonyl (C=O) groups excluding carboxylic acids is 1. The lowest BCUT2D eigenvalue weighted by molar-refractivity contribution is -0.148. The van der Waals surface area contributed by atoms with E-state index in [0.29, 0.717) is 25.9 Å². The molecule has 0 bridgehead atoms. The van der Waals surface area contributed by atoms with Crippen LogP contribution in [-0.4, -0.2) is 29.1 Å². The summed E-state index contributed by atoms with van der Waals surface area (Å²) >= 11 is 0. The Morgan fingerprint density at radius 3 is 2.67 bits per heavy atom. The van der Waals surface area contributed by atoms with Gasteiger partial charge in [0.2, 0.25) is 5.91 Å². The summed E-state index contributed by atoms with van der Waals surface area (Å²) in [6.07, 6.45) is 3.31. The maximum Gasteiger partial charge on any atom is 0.329 e. The molecule has 112 valence electrons. The topological polar surface area (TPSA) is 75.6 Å². The minimum Gasteiger partial charge on any atom is -0.492 e. The molecule has 1 fully saturated rings. The molecule has 1 aromatic carbocycles. The van der Waals surface area contributed by atoms with Crippen molar-refractivity contribution in [3.05, 3.63) is 29.8 Å². The molecule has 1 aliphatic carbocycles. The number of para-hydroxylation sites is 1. The largest absolute Gasteiger partial charge is 0.492 e. The van der Waals surface area contributed by atoms with Gasteiger partial charge >= 0.3 is 5.97 Å². The van der Waals surface area contributed by atoms with Gasteiger partial charge in [-0.3, -0.25) is 4.79 Å².